The number of hydrogen-bond acceptors (Lipinski definition) is 4. The zero-order valence-electron chi connectivity index (χ0n) is 11.0. The van der Waals surface area contributed by atoms with Crippen LogP contribution in [0.1, 0.15) is 24.7 Å². The molecule has 0 unspecified atom stereocenters. The lowest BCUT2D eigenvalue weighted by Gasteiger charge is -2.11. The molecule has 0 aliphatic heterocycles. The third kappa shape index (κ3) is 3.34. The molecule has 0 aliphatic carbocycles. The highest BCUT2D eigenvalue weighted by Gasteiger charge is 2.11. The molecule has 19 heavy (non-hydrogen) atoms. The number of para-hydroxylation sites is 1. The van der Waals surface area contributed by atoms with Gasteiger partial charge in [-0.1, -0.05) is 19.1 Å². The van der Waals surface area contributed by atoms with Gasteiger partial charge in [0.15, 0.2) is 0 Å². The number of anilines is 1. The summed E-state index contributed by atoms with van der Waals surface area (Å²) in [5.74, 6) is 2.54. The Bertz CT molecular complexity index is 587. The maximum atomic E-state index is 5.91. The molecule has 4 nitrogen and oxygen atoms in total. The maximum absolute atomic E-state index is 5.91. The molecular formula is C14H16IN3O. The Morgan fingerprint density at radius 3 is 2.68 bits per heavy atom. The molecule has 1 aromatic carbocycles. The van der Waals surface area contributed by atoms with Crippen molar-refractivity contribution < 1.29 is 4.74 Å². The smallest absolute Gasteiger partial charge is 0.227 e. The predicted molar refractivity (Wildman–Crippen MR) is 84.4 cm³/mol. The fourth-order valence-corrected chi connectivity index (χ4v) is 2.12. The summed E-state index contributed by atoms with van der Waals surface area (Å²) in [6.07, 6.45) is 1.78. The van der Waals surface area contributed by atoms with Crippen LogP contribution in [0.25, 0.3) is 0 Å². The van der Waals surface area contributed by atoms with Gasteiger partial charge in [-0.25, -0.2) is 4.98 Å². The quantitative estimate of drug-likeness (QED) is 0.835. The van der Waals surface area contributed by atoms with Crippen LogP contribution in [0.15, 0.2) is 24.3 Å². The first-order valence-electron chi connectivity index (χ1n) is 6.17. The third-order valence-corrected chi connectivity index (χ3v) is 3.59. The number of nitrogens with two attached hydrogens (primary N) is 1. The molecule has 0 spiro atoms. The van der Waals surface area contributed by atoms with Crippen molar-refractivity contribution in [2.45, 2.75) is 26.7 Å². The van der Waals surface area contributed by atoms with Crippen molar-refractivity contribution in [2.24, 2.45) is 0 Å². The third-order valence-electron chi connectivity index (χ3n) is 2.70. The van der Waals surface area contributed by atoms with Crippen LogP contribution in [-0.4, -0.2) is 9.97 Å². The van der Waals surface area contributed by atoms with Crippen LogP contribution in [0.5, 0.6) is 11.6 Å². The topological polar surface area (TPSA) is 61.0 Å². The molecule has 0 saturated carbocycles. The van der Waals surface area contributed by atoms with Gasteiger partial charge in [-0.3, -0.25) is 0 Å². The van der Waals surface area contributed by atoms with E-state index in [1.165, 1.54) is 0 Å². The van der Waals surface area contributed by atoms with Crippen LogP contribution in [0.3, 0.4) is 0 Å². The molecule has 2 rings (SSSR count). The van der Waals surface area contributed by atoms with Crippen molar-refractivity contribution in [3.8, 4) is 11.6 Å². The van der Waals surface area contributed by atoms with Gasteiger partial charge in [0.25, 0.3) is 0 Å². The maximum Gasteiger partial charge on any atom is 0.227 e. The minimum atomic E-state index is 0.486. The number of nitrogens with zero attached hydrogens (tertiary/aromatic N) is 2. The lowest BCUT2D eigenvalue weighted by molar-refractivity contribution is 0.451. The molecule has 2 N–H and O–H groups in total. The van der Waals surface area contributed by atoms with E-state index in [2.05, 4.69) is 39.5 Å². The molecule has 1 heterocycles. The summed E-state index contributed by atoms with van der Waals surface area (Å²) >= 11 is 2.23. The minimum Gasteiger partial charge on any atom is -0.437 e. The number of nitrogen functional groups attached to an aromatic ring is 1. The highest BCUT2D eigenvalue weighted by molar-refractivity contribution is 14.1. The van der Waals surface area contributed by atoms with E-state index in [0.29, 0.717) is 11.7 Å². The lowest BCUT2D eigenvalue weighted by atomic mass is 10.3. The molecule has 0 bridgehead atoms. The van der Waals surface area contributed by atoms with Gasteiger partial charge < -0.3 is 10.5 Å². The summed E-state index contributed by atoms with van der Waals surface area (Å²) in [6, 6.07) is 7.81. The average Bonchev–Trinajstić information content (AvgIpc) is 2.38. The second-order valence-corrected chi connectivity index (χ2v) is 5.40. The number of aromatic nitrogens is 2. The molecule has 1 aromatic heterocycles. The summed E-state index contributed by atoms with van der Waals surface area (Å²) in [6.45, 7) is 3.95. The van der Waals surface area contributed by atoms with Crippen molar-refractivity contribution in [3.05, 3.63) is 39.2 Å². The zero-order chi connectivity index (χ0) is 13.8. The van der Waals surface area contributed by atoms with Crippen LogP contribution >= 0.6 is 22.6 Å². The van der Waals surface area contributed by atoms with Gasteiger partial charge >= 0.3 is 0 Å². The van der Waals surface area contributed by atoms with E-state index >= 15 is 0 Å². The number of hydrogen-bond donors (Lipinski definition) is 1. The summed E-state index contributed by atoms with van der Waals surface area (Å²) < 4.78 is 6.90. The molecule has 2 aromatic rings. The van der Waals surface area contributed by atoms with Gasteiger partial charge in [0.1, 0.15) is 17.4 Å². The van der Waals surface area contributed by atoms with Crippen LogP contribution < -0.4 is 10.5 Å². The average molecular weight is 369 g/mol. The van der Waals surface area contributed by atoms with E-state index in [1.807, 2.05) is 31.2 Å². The highest BCUT2D eigenvalue weighted by atomic mass is 127. The van der Waals surface area contributed by atoms with E-state index in [0.717, 1.165) is 33.5 Å². The van der Waals surface area contributed by atoms with Crippen molar-refractivity contribution in [3.63, 3.8) is 0 Å². The van der Waals surface area contributed by atoms with Crippen LogP contribution in [0.2, 0.25) is 0 Å². The van der Waals surface area contributed by atoms with Crippen LogP contribution in [-0.2, 0) is 6.42 Å². The van der Waals surface area contributed by atoms with E-state index < -0.39 is 0 Å². The highest BCUT2D eigenvalue weighted by Crippen LogP contribution is 2.29. The fourth-order valence-electron chi connectivity index (χ4n) is 1.62. The largest absolute Gasteiger partial charge is 0.437 e. The number of halogens is 1. The first-order valence-corrected chi connectivity index (χ1v) is 7.25. The molecular weight excluding hydrogens is 353 g/mol. The minimum absolute atomic E-state index is 0.486. The Morgan fingerprint density at radius 1 is 1.26 bits per heavy atom. The summed E-state index contributed by atoms with van der Waals surface area (Å²) in [5, 5.41) is 0. The van der Waals surface area contributed by atoms with E-state index in [-0.39, 0.29) is 0 Å². The Morgan fingerprint density at radius 2 is 2.00 bits per heavy atom. The number of rotatable bonds is 4. The second kappa shape index (κ2) is 6.18. The van der Waals surface area contributed by atoms with E-state index in [4.69, 9.17) is 10.5 Å². The molecule has 0 amide bonds. The lowest BCUT2D eigenvalue weighted by Crippen LogP contribution is -2.05. The standard InChI is InChI=1S/C14H16IN3O/c1-3-6-12-17-13(16)9(2)14(18-12)19-11-8-5-4-7-10(11)15/h4-5,7-8H,3,6H2,1-2H3,(H2,16,17,18). The van der Waals surface area contributed by atoms with Gasteiger partial charge in [0.05, 0.1) is 9.13 Å². The fraction of sp³-hybridized carbons (Fsp3) is 0.286. The number of ether oxygens (including phenoxy) is 1. The van der Waals surface area contributed by atoms with Gasteiger partial charge in [-0.05, 0) is 48.1 Å². The van der Waals surface area contributed by atoms with Gasteiger partial charge in [-0.15, -0.1) is 0 Å². The second-order valence-electron chi connectivity index (χ2n) is 4.24. The number of aryl methyl sites for hydroxylation is 1. The summed E-state index contributed by atoms with van der Waals surface area (Å²) in [7, 11) is 0. The van der Waals surface area contributed by atoms with Gasteiger partial charge in [-0.2, -0.15) is 4.98 Å². The van der Waals surface area contributed by atoms with Gasteiger partial charge in [0, 0.05) is 6.42 Å². The number of benzene rings is 1. The normalized spacial score (nSPS) is 10.5. The molecule has 0 saturated heterocycles. The molecule has 0 fully saturated rings. The van der Waals surface area contributed by atoms with Crippen molar-refractivity contribution >= 4 is 28.4 Å². The monoisotopic (exact) mass is 369 g/mol. The van der Waals surface area contributed by atoms with Gasteiger partial charge in [0.2, 0.25) is 5.88 Å². The Hall–Kier alpha value is -1.37. The van der Waals surface area contributed by atoms with Crippen molar-refractivity contribution in [1.29, 1.82) is 0 Å². The zero-order valence-corrected chi connectivity index (χ0v) is 13.1. The first kappa shape index (κ1) is 14.0. The van der Waals surface area contributed by atoms with Crippen molar-refractivity contribution in [2.75, 3.05) is 5.73 Å². The first-order chi connectivity index (χ1) is 9.11. The molecule has 0 radical (unpaired) electrons. The van der Waals surface area contributed by atoms with Crippen molar-refractivity contribution in [1.82, 2.24) is 9.97 Å². The summed E-state index contributed by atoms with van der Waals surface area (Å²) in [4.78, 5) is 8.71. The molecule has 5 heteroatoms. The Balaban J connectivity index is 2.36. The Labute approximate surface area is 126 Å². The van der Waals surface area contributed by atoms with Crippen LogP contribution in [0.4, 0.5) is 5.82 Å². The van der Waals surface area contributed by atoms with Crippen LogP contribution in [0, 0.1) is 10.5 Å². The predicted octanol–water partition coefficient (Wildman–Crippen LogP) is 3.72. The molecule has 0 atom stereocenters. The molecule has 0 aliphatic rings. The van der Waals surface area contributed by atoms with E-state index in [1.54, 1.807) is 0 Å². The SMILES string of the molecule is CCCc1nc(N)c(C)c(Oc2ccccc2I)n1. The molecule has 100 valence electrons. The summed E-state index contributed by atoms with van der Waals surface area (Å²) in [5.41, 5.74) is 6.69. The Kier molecular flexibility index (Phi) is 4.57. The van der Waals surface area contributed by atoms with E-state index in [9.17, 15) is 0 Å².